The molecule has 0 fully saturated rings. The highest BCUT2D eigenvalue weighted by atomic mass is 32.2. The molecule has 0 saturated carbocycles. The quantitative estimate of drug-likeness (QED) is 0.0664. The van der Waals surface area contributed by atoms with Crippen molar-refractivity contribution < 1.29 is 63.6 Å². The van der Waals surface area contributed by atoms with E-state index in [-0.39, 0.29) is 31.5 Å². The van der Waals surface area contributed by atoms with Gasteiger partial charge in [-0.15, -0.1) is 0 Å². The lowest BCUT2D eigenvalue weighted by molar-refractivity contribution is -0.284. The summed E-state index contributed by atoms with van der Waals surface area (Å²) in [4.78, 5) is 12.8. The van der Waals surface area contributed by atoms with Crippen LogP contribution in [0.15, 0.2) is 42.5 Å². The molecule has 318 valence electrons. The summed E-state index contributed by atoms with van der Waals surface area (Å²) >= 11 is 0. The number of alkyl halides is 5. The molecular formula is C39H57F5N2O9S. The summed E-state index contributed by atoms with van der Waals surface area (Å²) in [6, 6.07) is 13.9. The highest BCUT2D eigenvalue weighted by molar-refractivity contribution is 7.87. The molecule has 11 nitrogen and oxygen atoms in total. The molecule has 1 aliphatic rings. The van der Waals surface area contributed by atoms with Gasteiger partial charge in [0.1, 0.15) is 22.8 Å². The second-order valence-corrected chi connectivity index (χ2v) is 16.8. The highest BCUT2D eigenvalue weighted by Crippen LogP contribution is 2.50. The largest absolute Gasteiger partial charge is 0.492 e. The topological polar surface area (TPSA) is 122 Å². The molecule has 2 aromatic carbocycles. The monoisotopic (exact) mass is 824 g/mol. The maximum absolute atomic E-state index is 13.3. The summed E-state index contributed by atoms with van der Waals surface area (Å²) in [7, 11) is -1.45. The Morgan fingerprint density at radius 3 is 2.02 bits per heavy atom. The number of nitrogens with one attached hydrogen (secondary N) is 1. The fourth-order valence-electron chi connectivity index (χ4n) is 6.47. The van der Waals surface area contributed by atoms with Crippen LogP contribution in [0.3, 0.4) is 0 Å². The molecule has 0 spiro atoms. The molecule has 17 heteroatoms. The van der Waals surface area contributed by atoms with E-state index in [4.69, 9.17) is 28.4 Å². The van der Waals surface area contributed by atoms with Crippen molar-refractivity contribution in [3.8, 4) is 17.2 Å². The van der Waals surface area contributed by atoms with E-state index in [2.05, 4.69) is 25.1 Å². The fourth-order valence-corrected chi connectivity index (χ4v) is 7.64. The Labute approximate surface area is 327 Å². The van der Waals surface area contributed by atoms with Crippen molar-refractivity contribution in [1.29, 1.82) is 0 Å². The van der Waals surface area contributed by atoms with Crippen LogP contribution in [0.4, 0.5) is 26.7 Å². The first-order valence-corrected chi connectivity index (χ1v) is 20.2. The van der Waals surface area contributed by atoms with Gasteiger partial charge in [-0.25, -0.2) is 4.79 Å². The second kappa shape index (κ2) is 20.8. The molecule has 0 radical (unpaired) electrons. The molecule has 2 atom stereocenters. The van der Waals surface area contributed by atoms with Crippen LogP contribution < -0.4 is 18.9 Å². The van der Waals surface area contributed by atoms with E-state index >= 15 is 0 Å². The summed E-state index contributed by atoms with van der Waals surface area (Å²) in [5, 5.41) is 0. The van der Waals surface area contributed by atoms with Gasteiger partial charge in [0.25, 0.3) is 0 Å². The lowest BCUT2D eigenvalue weighted by atomic mass is 9.66. The van der Waals surface area contributed by atoms with E-state index in [0.717, 1.165) is 55.4 Å². The van der Waals surface area contributed by atoms with Gasteiger partial charge < -0.3 is 28.4 Å². The number of methoxy groups -OCH3 is 2. The van der Waals surface area contributed by atoms with Crippen molar-refractivity contribution >= 4 is 16.3 Å². The summed E-state index contributed by atoms with van der Waals surface area (Å²) in [6.45, 7) is 6.65. The summed E-state index contributed by atoms with van der Waals surface area (Å²) < 4.78 is 125. The number of ether oxygens (including phenoxy) is 6. The first-order valence-electron chi connectivity index (χ1n) is 18.8. The lowest BCUT2D eigenvalue weighted by Gasteiger charge is -2.43. The number of rotatable bonds is 23. The van der Waals surface area contributed by atoms with Gasteiger partial charge in [-0.3, -0.25) is 0 Å². The third-order valence-corrected chi connectivity index (χ3v) is 10.9. The minimum atomic E-state index is -5.74. The molecular weight excluding hydrogens is 767 g/mol. The third-order valence-electron chi connectivity index (χ3n) is 9.47. The minimum Gasteiger partial charge on any atom is -0.492 e. The molecule has 1 amide bonds. The Morgan fingerprint density at radius 1 is 0.857 bits per heavy atom. The van der Waals surface area contributed by atoms with E-state index in [1.807, 2.05) is 29.0 Å². The number of carbonyl (C=O) groups excluding carboxylic acids is 1. The molecule has 0 saturated heterocycles. The molecule has 0 aromatic heterocycles. The molecule has 0 aliphatic carbocycles. The van der Waals surface area contributed by atoms with Crippen LogP contribution in [0.1, 0.15) is 109 Å². The molecule has 2 aromatic rings. The number of halogens is 5. The van der Waals surface area contributed by atoms with E-state index in [1.165, 1.54) is 0 Å². The predicted molar refractivity (Wildman–Crippen MR) is 201 cm³/mol. The number of unbranched alkanes of at least 4 members (excludes halogenated alkanes) is 6. The van der Waals surface area contributed by atoms with Gasteiger partial charge in [0.2, 0.25) is 0 Å². The van der Waals surface area contributed by atoms with Crippen LogP contribution in [0.25, 0.3) is 0 Å². The molecule has 1 heterocycles. The molecule has 1 N–H and O–H groups in total. The molecule has 3 rings (SSSR count). The van der Waals surface area contributed by atoms with Crippen molar-refractivity contribution in [2.45, 2.75) is 121 Å². The highest BCUT2D eigenvalue weighted by Gasteiger charge is 2.56. The maximum Gasteiger partial charge on any atom is 0.453 e. The number of hydrogen-bond acceptors (Lipinski definition) is 9. The van der Waals surface area contributed by atoms with Gasteiger partial charge in [0.05, 0.1) is 6.61 Å². The number of hydrogen-bond donors (Lipinski definition) is 1. The zero-order valence-electron chi connectivity index (χ0n) is 33.1. The van der Waals surface area contributed by atoms with Crippen molar-refractivity contribution in [2.75, 3.05) is 47.5 Å². The van der Waals surface area contributed by atoms with Crippen molar-refractivity contribution in [2.24, 2.45) is 0 Å². The zero-order valence-corrected chi connectivity index (χ0v) is 34.0. The minimum absolute atomic E-state index is 0.123. The number of amides is 1. The van der Waals surface area contributed by atoms with Crippen LogP contribution in [0.2, 0.25) is 0 Å². The Bertz CT molecular complexity index is 1620. The van der Waals surface area contributed by atoms with Crippen LogP contribution in [0, 0.1) is 0 Å². The van der Waals surface area contributed by atoms with Crippen LogP contribution in [0.5, 0.6) is 17.2 Å². The maximum atomic E-state index is 13.3. The SMILES string of the molecule is COCOc1ccc(C2(C)COc3cc(OCOC)ccc3C2CCCCCCCCCN(C(=O)OC(C)(C)C)S(=O)(=O)NCCCC(F)(F)C(F)(F)F)cc1. The third kappa shape index (κ3) is 13.9. The molecule has 56 heavy (non-hydrogen) atoms. The van der Waals surface area contributed by atoms with Gasteiger partial charge in [-0.1, -0.05) is 63.6 Å². The normalized spacial score (nSPS) is 17.5. The average Bonchev–Trinajstić information content (AvgIpc) is 3.12. The van der Waals surface area contributed by atoms with E-state index in [0.29, 0.717) is 35.3 Å². The molecule has 1 aliphatic heterocycles. The van der Waals surface area contributed by atoms with Crippen molar-refractivity contribution in [3.63, 3.8) is 0 Å². The predicted octanol–water partition coefficient (Wildman–Crippen LogP) is 9.26. The lowest BCUT2D eigenvalue weighted by Crippen LogP contribution is -2.47. The first-order chi connectivity index (χ1) is 26.2. The Hall–Kier alpha value is -3.41. The molecule has 2 unspecified atom stereocenters. The zero-order chi connectivity index (χ0) is 41.6. The first kappa shape index (κ1) is 47.0. The number of nitrogens with zero attached hydrogens (tertiary/aromatic N) is 1. The number of fused-ring (bicyclic) bond motifs is 1. The summed E-state index contributed by atoms with van der Waals surface area (Å²) in [5.74, 6) is -2.68. The van der Waals surface area contributed by atoms with Crippen LogP contribution >= 0.6 is 0 Å². The standard InChI is InChI=1S/C39H57F5N2O9S/c1-36(2,3)55-35(47)46(56(48,49)45-23-14-22-38(40,41)39(42,43)44)24-13-11-9-7-8-10-12-15-33-32-21-20-31(54-28-51-6)25-34(32)52-26-37(33,4)29-16-18-30(19-17-29)53-27-50-5/h16-21,25,33,45H,7-15,22-24,26-28H2,1-6H3. The fraction of sp³-hybridized carbons (Fsp3) is 0.667. The van der Waals surface area contributed by atoms with Gasteiger partial charge >= 0.3 is 28.4 Å². The van der Waals surface area contributed by atoms with E-state index in [1.54, 1.807) is 35.0 Å². The van der Waals surface area contributed by atoms with Gasteiger partial charge in [0.15, 0.2) is 13.6 Å². The Morgan fingerprint density at radius 2 is 1.43 bits per heavy atom. The van der Waals surface area contributed by atoms with E-state index < -0.39 is 53.4 Å². The van der Waals surface area contributed by atoms with Gasteiger partial charge in [-0.05, 0) is 69.4 Å². The van der Waals surface area contributed by atoms with Crippen LogP contribution in [-0.2, 0) is 29.8 Å². The van der Waals surface area contributed by atoms with Crippen molar-refractivity contribution in [3.05, 3.63) is 53.6 Å². The molecule has 0 bridgehead atoms. The van der Waals surface area contributed by atoms with Gasteiger partial charge in [0, 0.05) is 51.1 Å². The smallest absolute Gasteiger partial charge is 0.453 e. The number of benzene rings is 2. The Kier molecular flexibility index (Phi) is 17.5. The summed E-state index contributed by atoms with van der Waals surface area (Å²) in [5.41, 5.74) is 0.861. The van der Waals surface area contributed by atoms with Crippen molar-refractivity contribution in [1.82, 2.24) is 9.03 Å². The number of carbonyl (C=O) groups is 1. The van der Waals surface area contributed by atoms with E-state index in [9.17, 15) is 35.2 Å². The summed E-state index contributed by atoms with van der Waals surface area (Å²) in [6.07, 6.45) is -3.04. The van der Waals surface area contributed by atoms with Crippen LogP contribution in [-0.4, -0.2) is 84.0 Å². The second-order valence-electron chi connectivity index (χ2n) is 15.1. The Balaban J connectivity index is 1.55. The average molecular weight is 825 g/mol. The van der Waals surface area contributed by atoms with Gasteiger partial charge in [-0.2, -0.15) is 39.4 Å².